The fraction of sp³-hybridized carbons (Fsp3) is 0.556. The minimum Gasteiger partial charge on any atom is -0.450 e. The second-order valence-corrected chi connectivity index (χ2v) is 6.02. The Morgan fingerprint density at radius 2 is 2.04 bits per heavy atom. The van der Waals surface area contributed by atoms with E-state index in [1.54, 1.807) is 4.90 Å². The van der Waals surface area contributed by atoms with Crippen LogP contribution in [0.3, 0.4) is 0 Å². The molecule has 0 bridgehead atoms. The minimum atomic E-state index is -0.228. The van der Waals surface area contributed by atoms with E-state index in [2.05, 4.69) is 15.6 Å². The smallest absolute Gasteiger partial charge is 0.409 e. The van der Waals surface area contributed by atoms with Crippen LogP contribution < -0.4 is 16.4 Å². The molecule has 1 heterocycles. The van der Waals surface area contributed by atoms with Gasteiger partial charge in [-0.15, -0.1) is 0 Å². The first-order valence-electron chi connectivity index (χ1n) is 8.96. The average molecular weight is 347 g/mol. The maximum Gasteiger partial charge on any atom is 0.409 e. The van der Waals surface area contributed by atoms with Gasteiger partial charge in [-0.1, -0.05) is 18.2 Å². The molecular formula is C18H29N5O2. The van der Waals surface area contributed by atoms with Crippen molar-refractivity contribution < 1.29 is 9.53 Å². The molecule has 0 unspecified atom stereocenters. The minimum absolute atomic E-state index is 0.228. The fourth-order valence-electron chi connectivity index (χ4n) is 2.74. The molecule has 1 saturated heterocycles. The molecule has 0 saturated carbocycles. The molecule has 4 N–H and O–H groups in total. The van der Waals surface area contributed by atoms with E-state index in [1.807, 2.05) is 37.3 Å². The predicted molar refractivity (Wildman–Crippen MR) is 101 cm³/mol. The summed E-state index contributed by atoms with van der Waals surface area (Å²) in [7, 11) is 0. The molecule has 0 atom stereocenters. The van der Waals surface area contributed by atoms with Gasteiger partial charge in [0.15, 0.2) is 5.96 Å². The van der Waals surface area contributed by atoms with Crippen molar-refractivity contribution in [2.24, 2.45) is 10.7 Å². The summed E-state index contributed by atoms with van der Waals surface area (Å²) in [6, 6.07) is 10.4. The number of carbonyl (C=O) groups is 1. The molecule has 1 aliphatic rings. The number of hydrogen-bond donors (Lipinski definition) is 3. The molecule has 2 rings (SSSR count). The summed E-state index contributed by atoms with van der Waals surface area (Å²) in [6.45, 7) is 5.14. The molecule has 0 aromatic heterocycles. The molecule has 7 nitrogen and oxygen atoms in total. The number of nitrogens with one attached hydrogen (secondary N) is 2. The SMILES string of the molecule is CCOC(=O)N1CCC(NC(N)=NCCCNc2ccccc2)CC1. The van der Waals surface area contributed by atoms with Crippen molar-refractivity contribution >= 4 is 17.7 Å². The maximum absolute atomic E-state index is 11.7. The van der Waals surface area contributed by atoms with Crippen LogP contribution in [0.25, 0.3) is 0 Å². The van der Waals surface area contributed by atoms with Gasteiger partial charge < -0.3 is 26.0 Å². The van der Waals surface area contributed by atoms with E-state index in [9.17, 15) is 4.79 Å². The molecule has 1 fully saturated rings. The molecule has 7 heteroatoms. The van der Waals surface area contributed by atoms with Crippen molar-refractivity contribution in [3.63, 3.8) is 0 Å². The number of nitrogens with zero attached hydrogens (tertiary/aromatic N) is 2. The summed E-state index contributed by atoms with van der Waals surface area (Å²) in [5.74, 6) is 0.481. The van der Waals surface area contributed by atoms with E-state index >= 15 is 0 Å². The summed E-state index contributed by atoms with van der Waals surface area (Å²) in [5, 5.41) is 6.59. The molecule has 1 aromatic rings. The highest BCUT2D eigenvalue weighted by Crippen LogP contribution is 2.11. The third-order valence-electron chi connectivity index (χ3n) is 4.09. The summed E-state index contributed by atoms with van der Waals surface area (Å²) in [5.41, 5.74) is 7.07. The van der Waals surface area contributed by atoms with E-state index in [4.69, 9.17) is 10.5 Å². The van der Waals surface area contributed by atoms with E-state index in [-0.39, 0.29) is 12.1 Å². The van der Waals surface area contributed by atoms with Crippen molar-refractivity contribution in [2.75, 3.05) is 38.1 Å². The molecule has 0 radical (unpaired) electrons. The van der Waals surface area contributed by atoms with Crippen LogP contribution in [0.4, 0.5) is 10.5 Å². The van der Waals surface area contributed by atoms with Crippen LogP contribution in [0.1, 0.15) is 26.2 Å². The third-order valence-corrected chi connectivity index (χ3v) is 4.09. The zero-order valence-electron chi connectivity index (χ0n) is 14.9. The van der Waals surface area contributed by atoms with E-state index in [1.165, 1.54) is 0 Å². The molecule has 1 aliphatic heterocycles. The van der Waals surface area contributed by atoms with Crippen LogP contribution in [-0.4, -0.2) is 55.8 Å². The number of benzene rings is 1. The Balaban J connectivity index is 1.59. The second kappa shape index (κ2) is 10.4. The number of likely N-dealkylation sites (tertiary alicyclic amines) is 1. The lowest BCUT2D eigenvalue weighted by molar-refractivity contribution is 0.0963. The highest BCUT2D eigenvalue weighted by Gasteiger charge is 2.23. The summed E-state index contributed by atoms with van der Waals surface area (Å²) in [4.78, 5) is 17.8. The van der Waals surface area contributed by atoms with Crippen LogP contribution in [0.5, 0.6) is 0 Å². The Hall–Kier alpha value is -2.44. The number of guanidine groups is 1. The number of aliphatic imine (C=N–C) groups is 1. The van der Waals surface area contributed by atoms with Gasteiger partial charge in [-0.2, -0.15) is 0 Å². The Kier molecular flexibility index (Phi) is 7.88. The van der Waals surface area contributed by atoms with Crippen LogP contribution in [0.2, 0.25) is 0 Å². The zero-order chi connectivity index (χ0) is 17.9. The maximum atomic E-state index is 11.7. The van der Waals surface area contributed by atoms with Crippen molar-refractivity contribution in [3.05, 3.63) is 30.3 Å². The van der Waals surface area contributed by atoms with E-state index < -0.39 is 0 Å². The Bertz CT molecular complexity index is 542. The van der Waals surface area contributed by atoms with Crippen LogP contribution in [0, 0.1) is 0 Å². The van der Waals surface area contributed by atoms with Gasteiger partial charge in [0.2, 0.25) is 0 Å². The number of ether oxygens (including phenoxy) is 1. The van der Waals surface area contributed by atoms with Gasteiger partial charge in [0.05, 0.1) is 6.61 Å². The van der Waals surface area contributed by atoms with Crippen LogP contribution in [-0.2, 0) is 4.74 Å². The number of carbonyl (C=O) groups excluding carboxylic acids is 1. The highest BCUT2D eigenvalue weighted by atomic mass is 16.6. The zero-order valence-corrected chi connectivity index (χ0v) is 14.9. The highest BCUT2D eigenvalue weighted by molar-refractivity contribution is 5.78. The van der Waals surface area contributed by atoms with Crippen molar-refractivity contribution in [3.8, 4) is 0 Å². The van der Waals surface area contributed by atoms with Crippen molar-refractivity contribution in [1.82, 2.24) is 10.2 Å². The van der Waals surface area contributed by atoms with Gasteiger partial charge >= 0.3 is 6.09 Å². The van der Waals surface area contributed by atoms with Gasteiger partial charge in [0.25, 0.3) is 0 Å². The average Bonchev–Trinajstić information content (AvgIpc) is 2.63. The lowest BCUT2D eigenvalue weighted by atomic mass is 10.1. The van der Waals surface area contributed by atoms with E-state index in [0.717, 1.165) is 31.5 Å². The Labute approximate surface area is 149 Å². The molecule has 0 aliphatic carbocycles. The van der Waals surface area contributed by atoms with Gasteiger partial charge in [0, 0.05) is 37.9 Å². The van der Waals surface area contributed by atoms with Gasteiger partial charge in [0.1, 0.15) is 0 Å². The lowest BCUT2D eigenvalue weighted by Crippen LogP contribution is -2.48. The van der Waals surface area contributed by atoms with Crippen LogP contribution >= 0.6 is 0 Å². The van der Waals surface area contributed by atoms with Crippen LogP contribution in [0.15, 0.2) is 35.3 Å². The number of hydrogen-bond acceptors (Lipinski definition) is 4. The predicted octanol–water partition coefficient (Wildman–Crippen LogP) is 2.01. The third kappa shape index (κ3) is 6.91. The number of amides is 1. The van der Waals surface area contributed by atoms with Gasteiger partial charge in [-0.25, -0.2) is 4.79 Å². The number of anilines is 1. The largest absolute Gasteiger partial charge is 0.450 e. The number of para-hydroxylation sites is 1. The lowest BCUT2D eigenvalue weighted by Gasteiger charge is -2.31. The first kappa shape index (κ1) is 18.9. The number of nitrogens with two attached hydrogens (primary N) is 1. The molecule has 1 aromatic carbocycles. The Morgan fingerprint density at radius 3 is 2.72 bits per heavy atom. The van der Waals surface area contributed by atoms with Gasteiger partial charge in [-0.3, -0.25) is 4.99 Å². The van der Waals surface area contributed by atoms with E-state index in [0.29, 0.717) is 32.2 Å². The summed E-state index contributed by atoms with van der Waals surface area (Å²) < 4.78 is 5.02. The number of rotatable bonds is 7. The molecule has 0 spiro atoms. The standard InChI is InChI=1S/C18H29N5O2/c1-2-25-18(24)23-13-9-16(10-14-23)22-17(19)21-12-6-11-20-15-7-4-3-5-8-15/h3-5,7-8,16,20H,2,6,9-14H2,1H3,(H3,19,21,22). The monoisotopic (exact) mass is 347 g/mol. The number of piperidine rings is 1. The first-order valence-corrected chi connectivity index (χ1v) is 8.96. The molecule has 25 heavy (non-hydrogen) atoms. The van der Waals surface area contributed by atoms with Crippen molar-refractivity contribution in [2.45, 2.75) is 32.2 Å². The van der Waals surface area contributed by atoms with Gasteiger partial charge in [-0.05, 0) is 38.3 Å². The van der Waals surface area contributed by atoms with Crippen molar-refractivity contribution in [1.29, 1.82) is 0 Å². The summed E-state index contributed by atoms with van der Waals surface area (Å²) in [6.07, 6.45) is 2.39. The normalized spacial score (nSPS) is 15.7. The molecule has 138 valence electrons. The Morgan fingerprint density at radius 1 is 1.32 bits per heavy atom. The molecular weight excluding hydrogens is 318 g/mol. The quantitative estimate of drug-likeness (QED) is 0.399. The fourth-order valence-corrected chi connectivity index (χ4v) is 2.74. The second-order valence-electron chi connectivity index (χ2n) is 6.02. The first-order chi connectivity index (χ1) is 12.2. The topological polar surface area (TPSA) is 92.0 Å². The molecule has 1 amide bonds. The summed E-state index contributed by atoms with van der Waals surface area (Å²) >= 11 is 0.